The number of nitrogens with one attached hydrogen (secondary N) is 1. The number of phenols is 1. The first-order chi connectivity index (χ1) is 20.7. The largest absolute Gasteiger partial charge is 0.507 e. The molecule has 0 saturated carbocycles. The number of carbonyl (C=O) groups excluding carboxylic acids is 1. The smallest absolute Gasteiger partial charge is 0.414 e. The van der Waals surface area contributed by atoms with E-state index in [-0.39, 0.29) is 22.1 Å². The lowest BCUT2D eigenvalue weighted by Gasteiger charge is -2.21. The Morgan fingerprint density at radius 2 is 1.56 bits per heavy atom. The molecule has 0 radical (unpaired) electrons. The number of rotatable bonds is 10. The molecule has 9 heteroatoms. The third kappa shape index (κ3) is 6.22. The van der Waals surface area contributed by atoms with Crippen LogP contribution < -0.4 is 14.2 Å². The summed E-state index contributed by atoms with van der Waals surface area (Å²) in [6.07, 6.45) is 2.37. The molecule has 0 aliphatic carbocycles. The quantitative estimate of drug-likeness (QED) is 0.126. The van der Waals surface area contributed by atoms with E-state index in [9.17, 15) is 18.3 Å². The number of unbranched alkanes of at least 4 members (excludes halogenated alkanes) is 2. The lowest BCUT2D eigenvalue weighted by molar-refractivity contribution is 0.162. The topological polar surface area (TPSA) is 105 Å². The summed E-state index contributed by atoms with van der Waals surface area (Å²) >= 11 is 0. The molecule has 5 aromatic carbocycles. The van der Waals surface area contributed by atoms with Gasteiger partial charge >= 0.3 is 6.09 Å². The number of methoxy groups -OCH3 is 1. The number of ether oxygens (including phenoxy) is 2. The summed E-state index contributed by atoms with van der Waals surface area (Å²) in [4.78, 5) is 14.7. The Bertz CT molecular complexity index is 1890. The van der Waals surface area contributed by atoms with Gasteiger partial charge < -0.3 is 19.5 Å². The summed E-state index contributed by atoms with van der Waals surface area (Å²) < 4.78 is 40.8. The maximum Gasteiger partial charge on any atom is 0.414 e. The maximum absolute atomic E-state index is 13.5. The number of amides is 1. The van der Waals surface area contributed by atoms with Gasteiger partial charge in [0.2, 0.25) is 0 Å². The van der Waals surface area contributed by atoms with Gasteiger partial charge in [-0.3, -0.25) is 4.72 Å². The zero-order valence-corrected chi connectivity index (χ0v) is 25.1. The van der Waals surface area contributed by atoms with Gasteiger partial charge in [-0.2, -0.15) is 0 Å². The molecule has 222 valence electrons. The van der Waals surface area contributed by atoms with Crippen molar-refractivity contribution in [2.24, 2.45) is 0 Å². The fourth-order valence-corrected chi connectivity index (χ4v) is 6.14. The zero-order chi connectivity index (χ0) is 30.6. The Labute approximate surface area is 251 Å². The molecule has 5 aromatic rings. The summed E-state index contributed by atoms with van der Waals surface area (Å²) in [5.74, 6) is 0.721. The number of carbonyl (C=O) groups is 1. The van der Waals surface area contributed by atoms with E-state index in [1.807, 2.05) is 30.3 Å². The fraction of sp³-hybridized carbons (Fsp3) is 0.206. The highest BCUT2D eigenvalue weighted by atomic mass is 32.2. The van der Waals surface area contributed by atoms with Gasteiger partial charge in [0, 0.05) is 35.5 Å². The van der Waals surface area contributed by atoms with Crippen LogP contribution >= 0.6 is 0 Å². The number of nitrogens with zero attached hydrogens (tertiary/aromatic N) is 1. The first-order valence-electron chi connectivity index (χ1n) is 14.1. The Hall–Kier alpha value is -4.76. The van der Waals surface area contributed by atoms with Gasteiger partial charge in [-0.05, 0) is 53.6 Å². The van der Waals surface area contributed by atoms with Crippen LogP contribution in [0.2, 0.25) is 0 Å². The van der Waals surface area contributed by atoms with Gasteiger partial charge in [-0.25, -0.2) is 13.2 Å². The highest BCUT2D eigenvalue weighted by Crippen LogP contribution is 2.46. The second kappa shape index (κ2) is 12.6. The first kappa shape index (κ1) is 29.7. The number of hydrogen-bond acceptors (Lipinski definition) is 6. The predicted molar refractivity (Wildman–Crippen MR) is 171 cm³/mol. The zero-order valence-electron chi connectivity index (χ0n) is 24.3. The predicted octanol–water partition coefficient (Wildman–Crippen LogP) is 7.80. The van der Waals surface area contributed by atoms with E-state index in [1.165, 1.54) is 24.1 Å². The molecule has 0 aliphatic heterocycles. The summed E-state index contributed by atoms with van der Waals surface area (Å²) in [6.45, 7) is 2.65. The van der Waals surface area contributed by atoms with E-state index in [0.29, 0.717) is 34.2 Å². The van der Waals surface area contributed by atoms with Crippen molar-refractivity contribution in [1.82, 2.24) is 4.90 Å². The van der Waals surface area contributed by atoms with Crippen molar-refractivity contribution in [2.75, 3.05) is 25.4 Å². The molecule has 0 saturated heterocycles. The SMILES string of the molecule is CCCCCN(C)C(=O)Oc1ccc2ccccc2c1-c1cc(NS(=O)(=O)c2ccc(OC)cc2)c2ccccc2c1O. The number of sulfonamides is 1. The molecule has 0 aliphatic rings. The molecule has 0 aromatic heterocycles. The fourth-order valence-electron chi connectivity index (χ4n) is 5.07. The van der Waals surface area contributed by atoms with Crippen LogP contribution in [0.25, 0.3) is 32.7 Å². The molecule has 5 rings (SSSR count). The highest BCUT2D eigenvalue weighted by Gasteiger charge is 2.23. The minimum absolute atomic E-state index is 0.0536. The Balaban J connectivity index is 1.66. The van der Waals surface area contributed by atoms with Gasteiger partial charge in [0.15, 0.2) is 0 Å². The van der Waals surface area contributed by atoms with Crippen LogP contribution in [0, 0.1) is 0 Å². The molecule has 8 nitrogen and oxygen atoms in total. The van der Waals surface area contributed by atoms with E-state index in [2.05, 4.69) is 11.6 Å². The monoisotopic (exact) mass is 598 g/mol. The number of fused-ring (bicyclic) bond motifs is 2. The van der Waals surface area contributed by atoms with Gasteiger partial charge in [-0.1, -0.05) is 74.4 Å². The van der Waals surface area contributed by atoms with Gasteiger partial charge in [0.05, 0.1) is 17.7 Å². The number of hydrogen-bond donors (Lipinski definition) is 2. The molecule has 1 amide bonds. The molecule has 2 N–H and O–H groups in total. The number of phenolic OH excluding ortho intramolecular Hbond substituents is 1. The highest BCUT2D eigenvalue weighted by molar-refractivity contribution is 7.92. The third-order valence-corrected chi connectivity index (χ3v) is 8.78. The average Bonchev–Trinajstić information content (AvgIpc) is 3.02. The number of anilines is 1. The molecule has 0 fully saturated rings. The Morgan fingerprint density at radius 1 is 0.884 bits per heavy atom. The molecular weight excluding hydrogens is 564 g/mol. The minimum Gasteiger partial charge on any atom is -0.507 e. The van der Waals surface area contributed by atoms with Crippen molar-refractivity contribution in [1.29, 1.82) is 0 Å². The van der Waals surface area contributed by atoms with Crippen molar-refractivity contribution in [3.8, 4) is 28.4 Å². The Kier molecular flexibility index (Phi) is 8.73. The van der Waals surface area contributed by atoms with Crippen molar-refractivity contribution >= 4 is 43.3 Å². The molecule has 0 heterocycles. The molecule has 43 heavy (non-hydrogen) atoms. The van der Waals surface area contributed by atoms with Gasteiger partial charge in [0.25, 0.3) is 10.0 Å². The second-order valence-electron chi connectivity index (χ2n) is 10.3. The number of benzene rings is 5. The van der Waals surface area contributed by atoms with Crippen molar-refractivity contribution in [3.05, 3.63) is 91.0 Å². The molecule has 0 bridgehead atoms. The van der Waals surface area contributed by atoms with Crippen LogP contribution in [0.3, 0.4) is 0 Å². The van der Waals surface area contributed by atoms with Crippen LogP contribution in [-0.2, 0) is 10.0 Å². The maximum atomic E-state index is 13.5. The van der Waals surface area contributed by atoms with Gasteiger partial charge in [0.1, 0.15) is 17.2 Å². The normalized spacial score (nSPS) is 11.4. The second-order valence-corrected chi connectivity index (χ2v) is 12.0. The summed E-state index contributed by atoms with van der Waals surface area (Å²) in [5.41, 5.74) is 1.06. The average molecular weight is 599 g/mol. The lowest BCUT2D eigenvalue weighted by Crippen LogP contribution is -2.30. The van der Waals surface area contributed by atoms with E-state index in [1.54, 1.807) is 55.6 Å². The minimum atomic E-state index is -4.01. The number of aromatic hydroxyl groups is 1. The first-order valence-corrected chi connectivity index (χ1v) is 15.6. The van der Waals surface area contributed by atoms with Crippen LogP contribution in [0.4, 0.5) is 10.5 Å². The van der Waals surface area contributed by atoms with Crippen LogP contribution in [0.1, 0.15) is 26.2 Å². The summed E-state index contributed by atoms with van der Waals surface area (Å²) in [6, 6.07) is 25.8. The van der Waals surface area contributed by atoms with Crippen molar-refractivity contribution in [2.45, 2.75) is 31.1 Å². The van der Waals surface area contributed by atoms with E-state index >= 15 is 0 Å². The van der Waals surface area contributed by atoms with Crippen molar-refractivity contribution in [3.63, 3.8) is 0 Å². The van der Waals surface area contributed by atoms with Gasteiger partial charge in [-0.15, -0.1) is 0 Å². The third-order valence-electron chi connectivity index (χ3n) is 7.40. The van der Waals surface area contributed by atoms with E-state index in [0.717, 1.165) is 30.0 Å². The van der Waals surface area contributed by atoms with Crippen LogP contribution in [0.15, 0.2) is 95.9 Å². The molecule has 0 spiro atoms. The molecule has 0 unspecified atom stereocenters. The standard InChI is InChI=1S/C34H34N2O6S/c1-4-5-10-21-36(2)34(38)42-31-20-15-23-11-6-7-12-26(23)32(31)29-22-30(27-13-8-9-14-28(27)33(29)37)35-43(39,40)25-18-16-24(41-3)17-19-25/h6-9,11-20,22,35,37H,4-5,10,21H2,1-3H3. The Morgan fingerprint density at radius 3 is 2.26 bits per heavy atom. The van der Waals surface area contributed by atoms with E-state index < -0.39 is 16.1 Å². The lowest BCUT2D eigenvalue weighted by atomic mass is 9.93. The van der Waals surface area contributed by atoms with Crippen molar-refractivity contribution < 1.29 is 27.8 Å². The molecular formula is C34H34N2O6S. The van der Waals surface area contributed by atoms with Crippen LogP contribution in [-0.4, -0.2) is 45.2 Å². The summed E-state index contributed by atoms with van der Waals surface area (Å²) in [5, 5.41) is 14.2. The summed E-state index contributed by atoms with van der Waals surface area (Å²) in [7, 11) is -0.813. The molecule has 0 atom stereocenters. The van der Waals surface area contributed by atoms with Crippen LogP contribution in [0.5, 0.6) is 17.2 Å². The van der Waals surface area contributed by atoms with E-state index in [4.69, 9.17) is 9.47 Å².